The molecule has 0 heterocycles. The van der Waals surface area contributed by atoms with E-state index < -0.39 is 0 Å². The Balaban J connectivity index is 4.08. The summed E-state index contributed by atoms with van der Waals surface area (Å²) in [4.78, 5) is 0. The quantitative estimate of drug-likeness (QED) is 0.593. The van der Waals surface area contributed by atoms with Crippen molar-refractivity contribution in [3.05, 3.63) is 11.9 Å². The van der Waals surface area contributed by atoms with Crippen LogP contribution in [0.3, 0.4) is 0 Å². The van der Waals surface area contributed by atoms with E-state index in [1.807, 2.05) is 7.11 Å². The number of hydrogen-bond acceptors (Lipinski definition) is 1. The molecule has 0 rings (SSSR count). The van der Waals surface area contributed by atoms with Crippen molar-refractivity contribution in [2.75, 3.05) is 13.3 Å². The number of rotatable bonds is 7. The Morgan fingerprint density at radius 1 is 1.33 bits per heavy atom. The molecule has 0 spiro atoms. The molecule has 0 saturated heterocycles. The second-order valence-electron chi connectivity index (χ2n) is 5.11. The molecule has 2 unspecified atom stereocenters. The SMILES string of the molecule is CC=CPCC(CC(C)(C)C(C)C)OC. The molecule has 0 aromatic rings. The zero-order valence-corrected chi connectivity index (χ0v) is 12.1. The summed E-state index contributed by atoms with van der Waals surface area (Å²) in [6, 6.07) is 0. The molecule has 15 heavy (non-hydrogen) atoms. The van der Waals surface area contributed by atoms with E-state index >= 15 is 0 Å². The van der Waals surface area contributed by atoms with Crippen LogP contribution in [0.25, 0.3) is 0 Å². The highest BCUT2D eigenvalue weighted by molar-refractivity contribution is 7.41. The fourth-order valence-corrected chi connectivity index (χ4v) is 2.32. The van der Waals surface area contributed by atoms with Crippen LogP contribution in [0.5, 0.6) is 0 Å². The second-order valence-corrected chi connectivity index (χ2v) is 6.26. The summed E-state index contributed by atoms with van der Waals surface area (Å²) in [6.07, 6.45) is 4.86. The smallest absolute Gasteiger partial charge is 0.0616 e. The van der Waals surface area contributed by atoms with Gasteiger partial charge in [-0.3, -0.25) is 0 Å². The fraction of sp³-hybridized carbons (Fsp3) is 0.846. The van der Waals surface area contributed by atoms with E-state index in [1.54, 1.807) is 0 Å². The van der Waals surface area contributed by atoms with Crippen LogP contribution in [0, 0.1) is 11.3 Å². The molecule has 0 amide bonds. The largest absolute Gasteiger partial charge is 0.381 e. The molecule has 0 aliphatic rings. The van der Waals surface area contributed by atoms with E-state index in [9.17, 15) is 0 Å². The lowest BCUT2D eigenvalue weighted by Gasteiger charge is -2.32. The Labute approximate surface area is 97.5 Å². The molecule has 0 bridgehead atoms. The number of allylic oxidation sites excluding steroid dienone is 1. The lowest BCUT2D eigenvalue weighted by atomic mass is 9.77. The molecular formula is C13H27OP. The third-order valence-electron chi connectivity index (χ3n) is 3.28. The van der Waals surface area contributed by atoms with Gasteiger partial charge in [0.15, 0.2) is 0 Å². The van der Waals surface area contributed by atoms with Crippen LogP contribution >= 0.6 is 8.58 Å². The van der Waals surface area contributed by atoms with Crippen LogP contribution in [0.2, 0.25) is 0 Å². The summed E-state index contributed by atoms with van der Waals surface area (Å²) in [7, 11) is 2.73. The van der Waals surface area contributed by atoms with Gasteiger partial charge in [-0.1, -0.05) is 48.2 Å². The monoisotopic (exact) mass is 230 g/mol. The van der Waals surface area contributed by atoms with Gasteiger partial charge in [0.2, 0.25) is 0 Å². The predicted molar refractivity (Wildman–Crippen MR) is 72.0 cm³/mol. The Morgan fingerprint density at radius 3 is 2.33 bits per heavy atom. The zero-order valence-electron chi connectivity index (χ0n) is 11.1. The maximum absolute atomic E-state index is 5.56. The highest BCUT2D eigenvalue weighted by Crippen LogP contribution is 2.33. The first-order chi connectivity index (χ1) is 6.94. The van der Waals surface area contributed by atoms with Gasteiger partial charge in [-0.15, -0.1) is 0 Å². The van der Waals surface area contributed by atoms with Crippen molar-refractivity contribution in [2.24, 2.45) is 11.3 Å². The maximum atomic E-state index is 5.56. The van der Waals surface area contributed by atoms with Crippen molar-refractivity contribution < 1.29 is 4.74 Å². The molecule has 0 saturated carbocycles. The van der Waals surface area contributed by atoms with E-state index in [2.05, 4.69) is 46.5 Å². The molecular weight excluding hydrogens is 203 g/mol. The fourth-order valence-electron chi connectivity index (χ4n) is 1.38. The van der Waals surface area contributed by atoms with Crippen molar-refractivity contribution in [1.29, 1.82) is 0 Å². The highest BCUT2D eigenvalue weighted by atomic mass is 31.1. The molecule has 2 heteroatoms. The van der Waals surface area contributed by atoms with Crippen LogP contribution in [-0.2, 0) is 4.74 Å². The molecule has 0 aliphatic heterocycles. The maximum Gasteiger partial charge on any atom is 0.0616 e. The van der Waals surface area contributed by atoms with Crippen LogP contribution in [-0.4, -0.2) is 19.4 Å². The van der Waals surface area contributed by atoms with Crippen molar-refractivity contribution >= 4 is 8.58 Å². The van der Waals surface area contributed by atoms with E-state index in [0.717, 1.165) is 21.2 Å². The third kappa shape index (κ3) is 6.33. The normalized spacial score (nSPS) is 15.9. The molecule has 0 aliphatic carbocycles. The van der Waals surface area contributed by atoms with Gasteiger partial charge in [-0.2, -0.15) is 0 Å². The van der Waals surface area contributed by atoms with E-state index in [4.69, 9.17) is 4.74 Å². The first-order valence-corrected chi connectivity index (χ1v) is 7.09. The number of hydrogen-bond donors (Lipinski definition) is 0. The van der Waals surface area contributed by atoms with Crippen molar-refractivity contribution in [3.63, 3.8) is 0 Å². The van der Waals surface area contributed by atoms with Gasteiger partial charge in [0.05, 0.1) is 6.10 Å². The van der Waals surface area contributed by atoms with Crippen molar-refractivity contribution in [2.45, 2.75) is 47.1 Å². The van der Waals surface area contributed by atoms with Crippen LogP contribution in [0.4, 0.5) is 0 Å². The molecule has 1 nitrogen and oxygen atoms in total. The van der Waals surface area contributed by atoms with E-state index in [1.165, 1.54) is 0 Å². The summed E-state index contributed by atoms with van der Waals surface area (Å²) in [5.41, 5.74) is 0.376. The summed E-state index contributed by atoms with van der Waals surface area (Å²) < 4.78 is 5.56. The molecule has 0 aromatic carbocycles. The van der Waals surface area contributed by atoms with Crippen molar-refractivity contribution in [3.8, 4) is 0 Å². The molecule has 0 fully saturated rings. The summed E-state index contributed by atoms with van der Waals surface area (Å²) >= 11 is 0. The lowest BCUT2D eigenvalue weighted by Crippen LogP contribution is -2.28. The minimum atomic E-state index is 0.376. The molecule has 90 valence electrons. The van der Waals surface area contributed by atoms with Crippen molar-refractivity contribution in [1.82, 2.24) is 0 Å². The van der Waals surface area contributed by atoms with Crippen LogP contribution in [0.15, 0.2) is 11.9 Å². The van der Waals surface area contributed by atoms with Gasteiger partial charge in [0.25, 0.3) is 0 Å². The minimum absolute atomic E-state index is 0.376. The number of methoxy groups -OCH3 is 1. The van der Waals surface area contributed by atoms with Crippen LogP contribution < -0.4 is 0 Å². The first kappa shape index (κ1) is 15.1. The highest BCUT2D eigenvalue weighted by Gasteiger charge is 2.26. The third-order valence-corrected chi connectivity index (χ3v) is 4.54. The van der Waals surface area contributed by atoms with E-state index in [-0.39, 0.29) is 0 Å². The Bertz CT molecular complexity index is 185. The Hall–Kier alpha value is 0.130. The average Bonchev–Trinajstić information content (AvgIpc) is 2.16. The first-order valence-electron chi connectivity index (χ1n) is 5.81. The summed E-state index contributed by atoms with van der Waals surface area (Å²) in [5.74, 6) is 2.95. The standard InChI is InChI=1S/C13H27OP/c1-7-8-15-10-12(14-6)9-13(4,5)11(2)3/h7-8,11-12,15H,9-10H2,1-6H3. The van der Waals surface area contributed by atoms with Gasteiger partial charge in [0, 0.05) is 7.11 Å². The summed E-state index contributed by atoms with van der Waals surface area (Å²) in [6.45, 7) is 11.3. The van der Waals surface area contributed by atoms with Crippen LogP contribution in [0.1, 0.15) is 41.0 Å². The predicted octanol–water partition coefficient (Wildman–Crippen LogP) is 4.29. The average molecular weight is 230 g/mol. The lowest BCUT2D eigenvalue weighted by molar-refractivity contribution is 0.0618. The van der Waals surface area contributed by atoms with E-state index in [0.29, 0.717) is 17.4 Å². The summed E-state index contributed by atoms with van der Waals surface area (Å²) in [5, 5.41) is 0. The minimum Gasteiger partial charge on any atom is -0.381 e. The van der Waals surface area contributed by atoms with Gasteiger partial charge < -0.3 is 4.74 Å². The van der Waals surface area contributed by atoms with Gasteiger partial charge >= 0.3 is 0 Å². The van der Waals surface area contributed by atoms with Gasteiger partial charge in [0.1, 0.15) is 0 Å². The molecule has 0 radical (unpaired) electrons. The zero-order chi connectivity index (χ0) is 11.9. The second kappa shape index (κ2) is 7.41. The van der Waals surface area contributed by atoms with Gasteiger partial charge in [-0.25, -0.2) is 0 Å². The topological polar surface area (TPSA) is 9.23 Å². The number of ether oxygens (including phenoxy) is 1. The Morgan fingerprint density at radius 2 is 1.93 bits per heavy atom. The van der Waals surface area contributed by atoms with Gasteiger partial charge in [-0.05, 0) is 30.8 Å². The Kier molecular flexibility index (Phi) is 7.48. The molecule has 0 aromatic heterocycles. The molecule has 0 N–H and O–H groups in total. The molecule has 2 atom stereocenters.